The van der Waals surface area contributed by atoms with E-state index in [9.17, 15) is 4.79 Å². The number of ether oxygens (including phenoxy) is 2. The van der Waals surface area contributed by atoms with E-state index >= 15 is 0 Å². The number of nitrogens with two attached hydrogens (primary N) is 3. The fraction of sp³-hybridized carbons (Fsp3) is 0.415. The van der Waals surface area contributed by atoms with Crippen LogP contribution in [0.3, 0.4) is 0 Å². The van der Waals surface area contributed by atoms with E-state index in [0.29, 0.717) is 69.3 Å². The van der Waals surface area contributed by atoms with Gasteiger partial charge >= 0.3 is 0 Å². The molecule has 0 aliphatic heterocycles. The van der Waals surface area contributed by atoms with Crippen molar-refractivity contribution in [3.8, 4) is 22.6 Å². The average molecular weight is 750 g/mol. The molecule has 1 amide bonds. The van der Waals surface area contributed by atoms with E-state index < -0.39 is 6.04 Å². The molecular formula is C41H55N11O3. The smallest absolute Gasteiger partial charge is 0.245 e. The zero-order valence-electron chi connectivity index (χ0n) is 32.0. The molecule has 0 bridgehead atoms. The van der Waals surface area contributed by atoms with Gasteiger partial charge in [-0.15, -0.1) is 10.2 Å². The monoisotopic (exact) mass is 749 g/mol. The summed E-state index contributed by atoms with van der Waals surface area (Å²) in [5.41, 5.74) is 21.4. The zero-order valence-corrected chi connectivity index (χ0v) is 32.0. The summed E-state index contributed by atoms with van der Waals surface area (Å²) >= 11 is 0. The minimum absolute atomic E-state index is 0.0350. The van der Waals surface area contributed by atoms with Crippen LogP contribution in [0.25, 0.3) is 11.1 Å². The third kappa shape index (κ3) is 13.0. The lowest BCUT2D eigenvalue weighted by Crippen LogP contribution is -2.42. The second-order valence-electron chi connectivity index (χ2n) is 14.1. The highest BCUT2D eigenvalue weighted by Gasteiger charge is 2.25. The van der Waals surface area contributed by atoms with E-state index in [4.69, 9.17) is 26.7 Å². The van der Waals surface area contributed by atoms with Gasteiger partial charge < -0.3 is 32.0 Å². The maximum atomic E-state index is 14.1. The highest BCUT2D eigenvalue weighted by Crippen LogP contribution is 2.36. The molecule has 2 heterocycles. The van der Waals surface area contributed by atoms with E-state index in [1.807, 2.05) is 72.9 Å². The Bertz CT molecular complexity index is 1920. The number of para-hydroxylation sites is 2. The highest BCUT2D eigenvalue weighted by atomic mass is 16.5. The number of rotatable bonds is 23. The minimum atomic E-state index is -0.612. The van der Waals surface area contributed by atoms with E-state index in [-0.39, 0.29) is 24.5 Å². The lowest BCUT2D eigenvalue weighted by molar-refractivity contribution is -0.125. The Labute approximate surface area is 323 Å². The fourth-order valence-corrected chi connectivity index (χ4v) is 6.18. The molecule has 2 aromatic heterocycles. The van der Waals surface area contributed by atoms with E-state index in [1.54, 1.807) is 15.6 Å². The SMILES string of the molecule is CC(C)CCOc1ccccc1-c1ccccc1OCc1cn([C@H](CCCCN)C(=O)N[C@H](CCCN=C(N)N)Cn2cc(Cc3ccccc3)nn2)nn1. The van der Waals surface area contributed by atoms with Crippen molar-refractivity contribution in [2.75, 3.05) is 19.7 Å². The van der Waals surface area contributed by atoms with Crippen molar-refractivity contribution < 1.29 is 14.3 Å². The van der Waals surface area contributed by atoms with Crippen LogP contribution in [0.5, 0.6) is 11.5 Å². The summed E-state index contributed by atoms with van der Waals surface area (Å²) in [6, 6.07) is 25.1. The Balaban J connectivity index is 1.28. The molecule has 0 saturated heterocycles. The predicted molar refractivity (Wildman–Crippen MR) is 214 cm³/mol. The Morgan fingerprint density at radius 2 is 1.49 bits per heavy atom. The number of unbranched alkanes of at least 4 members (excludes halogenated alkanes) is 1. The number of nitrogens with zero attached hydrogens (tertiary/aromatic N) is 7. The van der Waals surface area contributed by atoms with Gasteiger partial charge in [0.05, 0.1) is 25.0 Å². The van der Waals surface area contributed by atoms with E-state index in [0.717, 1.165) is 47.4 Å². The first-order valence-corrected chi connectivity index (χ1v) is 19.1. The topological polar surface area (TPSA) is 199 Å². The van der Waals surface area contributed by atoms with Crippen LogP contribution in [0.15, 0.2) is 96.2 Å². The number of benzene rings is 3. The van der Waals surface area contributed by atoms with Crippen LogP contribution in [-0.2, 0) is 24.4 Å². The van der Waals surface area contributed by atoms with Crippen molar-refractivity contribution >= 4 is 11.9 Å². The Hall–Kier alpha value is -5.76. The lowest BCUT2D eigenvalue weighted by atomic mass is 10.0. The van der Waals surface area contributed by atoms with Gasteiger partial charge in [0, 0.05) is 36.3 Å². The second-order valence-corrected chi connectivity index (χ2v) is 14.1. The number of hydrogen-bond acceptors (Lipinski definition) is 9. The van der Waals surface area contributed by atoms with Crippen molar-refractivity contribution in [2.45, 2.75) is 84.0 Å². The summed E-state index contributed by atoms with van der Waals surface area (Å²) in [6.07, 6.45) is 8.66. The normalized spacial score (nSPS) is 12.3. The first-order valence-electron chi connectivity index (χ1n) is 19.1. The van der Waals surface area contributed by atoms with Gasteiger partial charge in [0.15, 0.2) is 5.96 Å². The van der Waals surface area contributed by atoms with Crippen molar-refractivity contribution in [3.05, 3.63) is 108 Å². The largest absolute Gasteiger partial charge is 0.493 e. The van der Waals surface area contributed by atoms with Crippen LogP contribution >= 0.6 is 0 Å². The molecule has 2 atom stereocenters. The Morgan fingerprint density at radius 1 is 0.800 bits per heavy atom. The number of amides is 1. The molecule has 14 heteroatoms. The van der Waals surface area contributed by atoms with Crippen LogP contribution in [0.1, 0.15) is 75.4 Å². The summed E-state index contributed by atoms with van der Waals surface area (Å²) in [7, 11) is 0. The van der Waals surface area contributed by atoms with Crippen LogP contribution in [0.4, 0.5) is 0 Å². The van der Waals surface area contributed by atoms with Gasteiger partial charge in [-0.25, -0.2) is 4.68 Å². The predicted octanol–water partition coefficient (Wildman–Crippen LogP) is 5.04. The average Bonchev–Trinajstić information content (AvgIpc) is 3.84. The van der Waals surface area contributed by atoms with Crippen molar-refractivity contribution in [1.29, 1.82) is 0 Å². The van der Waals surface area contributed by atoms with Gasteiger partial charge in [0.25, 0.3) is 0 Å². The molecule has 0 aliphatic carbocycles. The van der Waals surface area contributed by atoms with Crippen LogP contribution in [0, 0.1) is 5.92 Å². The molecule has 0 unspecified atom stereocenters. The number of carbonyl (C=O) groups is 1. The zero-order chi connectivity index (χ0) is 38.8. The second kappa shape index (κ2) is 21.2. The maximum Gasteiger partial charge on any atom is 0.245 e. The number of guanidine groups is 1. The Morgan fingerprint density at radius 3 is 2.20 bits per heavy atom. The number of carbonyl (C=O) groups excluding carboxylic acids is 1. The van der Waals surface area contributed by atoms with E-state index in [1.165, 1.54) is 0 Å². The molecule has 7 N–H and O–H groups in total. The van der Waals surface area contributed by atoms with Gasteiger partial charge in [-0.05, 0) is 68.7 Å². The van der Waals surface area contributed by atoms with Crippen molar-refractivity contribution in [2.24, 2.45) is 28.1 Å². The molecule has 3 aromatic carbocycles. The standard InChI is InChI=1S/C41H55N11O3/c1-30(2)21-24-54-38-19-8-6-16-35(38)36-17-7-9-20-39(36)55-29-34-28-52(50-48-34)37(18-10-11-22-42)40(53)46-32(15-12-23-45-41(43)44)26-51-27-33(47-49-51)25-31-13-4-3-5-14-31/h3-9,13-14,16-17,19-20,27-28,30,32,37H,10-12,15,18,21-26,29,42H2,1-2H3,(H,46,53)(H4,43,44,45)/t32-,37-/m1/s1. The van der Waals surface area contributed by atoms with Crippen molar-refractivity contribution in [1.82, 2.24) is 35.3 Å². The Kier molecular flexibility index (Phi) is 15.6. The quantitative estimate of drug-likeness (QED) is 0.0399. The molecule has 0 radical (unpaired) electrons. The number of aliphatic imine (C=N–C) groups is 1. The molecule has 55 heavy (non-hydrogen) atoms. The van der Waals surface area contributed by atoms with Gasteiger partial charge in [0.1, 0.15) is 29.8 Å². The van der Waals surface area contributed by atoms with E-state index in [2.05, 4.69) is 56.9 Å². The molecule has 0 fully saturated rings. The fourth-order valence-electron chi connectivity index (χ4n) is 6.18. The van der Waals surface area contributed by atoms with Crippen molar-refractivity contribution in [3.63, 3.8) is 0 Å². The van der Waals surface area contributed by atoms with Gasteiger partial charge in [-0.3, -0.25) is 14.5 Å². The number of aromatic nitrogens is 6. The third-order valence-corrected chi connectivity index (χ3v) is 9.08. The summed E-state index contributed by atoms with van der Waals surface area (Å²) in [4.78, 5) is 18.2. The highest BCUT2D eigenvalue weighted by molar-refractivity contribution is 5.80. The number of nitrogens with one attached hydrogen (secondary N) is 1. The summed E-state index contributed by atoms with van der Waals surface area (Å²) in [6.45, 7) is 6.56. The van der Waals surface area contributed by atoms with Crippen LogP contribution in [0.2, 0.25) is 0 Å². The minimum Gasteiger partial charge on any atom is -0.493 e. The summed E-state index contributed by atoms with van der Waals surface area (Å²) in [5, 5.41) is 20.8. The molecular weight excluding hydrogens is 695 g/mol. The number of hydrogen-bond donors (Lipinski definition) is 4. The lowest BCUT2D eigenvalue weighted by Gasteiger charge is -2.23. The molecule has 14 nitrogen and oxygen atoms in total. The summed E-state index contributed by atoms with van der Waals surface area (Å²) in [5.74, 6) is 1.91. The summed E-state index contributed by atoms with van der Waals surface area (Å²) < 4.78 is 15.9. The molecule has 5 rings (SSSR count). The van der Waals surface area contributed by atoms with Gasteiger partial charge in [0.2, 0.25) is 5.91 Å². The van der Waals surface area contributed by atoms with Crippen LogP contribution in [-0.4, -0.2) is 67.6 Å². The molecule has 5 aromatic rings. The molecule has 0 aliphatic rings. The molecule has 0 saturated carbocycles. The first-order chi connectivity index (χ1) is 26.8. The van der Waals surface area contributed by atoms with Gasteiger partial charge in [-0.1, -0.05) is 91.0 Å². The third-order valence-electron chi connectivity index (χ3n) is 9.08. The molecule has 0 spiro atoms. The molecule has 292 valence electrons. The van der Waals surface area contributed by atoms with Crippen LogP contribution < -0.4 is 32.0 Å². The van der Waals surface area contributed by atoms with Gasteiger partial charge in [-0.2, -0.15) is 0 Å². The maximum absolute atomic E-state index is 14.1. The first kappa shape index (κ1) is 40.4.